The molecular weight excluding hydrogens is 258 g/mol. The number of aliphatic hydroxyl groups excluding tert-OH is 1. The lowest BCUT2D eigenvalue weighted by Crippen LogP contribution is -2.40. The largest absolute Gasteiger partial charge is 0.391 e. The van der Waals surface area contributed by atoms with E-state index in [4.69, 9.17) is 16.7 Å². The Kier molecular flexibility index (Phi) is 5.66. The van der Waals surface area contributed by atoms with Crippen LogP contribution < -0.4 is 4.90 Å². The summed E-state index contributed by atoms with van der Waals surface area (Å²) in [6, 6.07) is 0.365. The molecule has 0 aliphatic heterocycles. The van der Waals surface area contributed by atoms with Crippen molar-refractivity contribution in [1.82, 2.24) is 9.88 Å². The van der Waals surface area contributed by atoms with Gasteiger partial charge in [0.25, 0.3) is 0 Å². The smallest absolute Gasteiger partial charge is 0.187 e. The first kappa shape index (κ1) is 14.7. The molecule has 1 N–H and O–H groups in total. The number of halogens is 1. The second-order valence-corrected chi connectivity index (χ2v) is 5.69. The van der Waals surface area contributed by atoms with E-state index >= 15 is 0 Å². The Bertz CT molecular complexity index is 356. The lowest BCUT2D eigenvalue weighted by atomic mass is 10.3. The Morgan fingerprint density at radius 2 is 2.12 bits per heavy atom. The molecule has 0 spiro atoms. The predicted molar refractivity (Wildman–Crippen MR) is 74.1 cm³/mol. The van der Waals surface area contributed by atoms with E-state index in [9.17, 15) is 0 Å². The third-order valence-electron chi connectivity index (χ3n) is 2.53. The number of rotatable bonds is 6. The number of nitrogens with zero attached hydrogens (tertiary/aromatic N) is 3. The summed E-state index contributed by atoms with van der Waals surface area (Å²) in [5.74, 6) is 0. The predicted octanol–water partition coefficient (Wildman–Crippen LogP) is 2.07. The fourth-order valence-electron chi connectivity index (χ4n) is 1.80. The van der Waals surface area contributed by atoms with E-state index in [2.05, 4.69) is 42.7 Å². The first-order valence-electron chi connectivity index (χ1n) is 5.67. The third-order valence-corrected chi connectivity index (χ3v) is 4.03. The van der Waals surface area contributed by atoms with E-state index in [1.807, 2.05) is 0 Å². The summed E-state index contributed by atoms with van der Waals surface area (Å²) in [4.78, 5) is 9.40. The topological polar surface area (TPSA) is 39.6 Å². The molecule has 0 radical (unpaired) electrons. The Balaban J connectivity index is 2.85. The van der Waals surface area contributed by atoms with Crippen molar-refractivity contribution in [3.8, 4) is 0 Å². The monoisotopic (exact) mass is 277 g/mol. The van der Waals surface area contributed by atoms with Gasteiger partial charge < -0.3 is 14.9 Å². The van der Waals surface area contributed by atoms with E-state index in [0.29, 0.717) is 11.2 Å². The molecule has 0 aliphatic carbocycles. The molecule has 1 aromatic rings. The molecule has 17 heavy (non-hydrogen) atoms. The van der Waals surface area contributed by atoms with Crippen molar-refractivity contribution in [3.63, 3.8) is 0 Å². The third kappa shape index (κ3) is 3.81. The van der Waals surface area contributed by atoms with Gasteiger partial charge in [-0.3, -0.25) is 0 Å². The molecule has 0 aliphatic rings. The van der Waals surface area contributed by atoms with Crippen molar-refractivity contribution in [3.05, 3.63) is 10.0 Å². The van der Waals surface area contributed by atoms with Crippen LogP contribution in [0.4, 0.5) is 5.13 Å². The molecule has 1 atom stereocenters. The van der Waals surface area contributed by atoms with Gasteiger partial charge in [0.15, 0.2) is 5.13 Å². The molecule has 1 aromatic heterocycles. The minimum atomic E-state index is -0.0455. The molecule has 0 saturated carbocycles. The molecule has 0 fully saturated rings. The Labute approximate surface area is 112 Å². The van der Waals surface area contributed by atoms with Gasteiger partial charge in [0.2, 0.25) is 0 Å². The number of hydrogen-bond acceptors (Lipinski definition) is 5. The van der Waals surface area contributed by atoms with Gasteiger partial charge in [-0.1, -0.05) is 22.9 Å². The van der Waals surface area contributed by atoms with Gasteiger partial charge in [-0.2, -0.15) is 0 Å². The number of aliphatic hydroxyl groups is 1. The van der Waals surface area contributed by atoms with E-state index in [0.717, 1.165) is 23.1 Å². The van der Waals surface area contributed by atoms with Crippen LogP contribution in [0.2, 0.25) is 5.15 Å². The van der Waals surface area contributed by atoms with Crippen molar-refractivity contribution < 1.29 is 5.11 Å². The molecule has 98 valence electrons. The quantitative estimate of drug-likeness (QED) is 0.864. The van der Waals surface area contributed by atoms with Crippen LogP contribution in [0.25, 0.3) is 0 Å². The van der Waals surface area contributed by atoms with E-state index < -0.39 is 0 Å². The highest BCUT2D eigenvalue weighted by atomic mass is 35.5. The van der Waals surface area contributed by atoms with Crippen molar-refractivity contribution >= 4 is 28.1 Å². The van der Waals surface area contributed by atoms with Crippen LogP contribution in [0.5, 0.6) is 0 Å². The second-order valence-electron chi connectivity index (χ2n) is 4.27. The first-order valence-corrected chi connectivity index (χ1v) is 6.86. The van der Waals surface area contributed by atoms with Gasteiger partial charge in [0.1, 0.15) is 5.15 Å². The minimum absolute atomic E-state index is 0.0455. The van der Waals surface area contributed by atoms with Crippen LogP contribution in [-0.4, -0.2) is 48.2 Å². The summed E-state index contributed by atoms with van der Waals surface area (Å²) in [7, 11) is 4.11. The molecule has 0 saturated heterocycles. The first-order chi connectivity index (χ1) is 7.99. The van der Waals surface area contributed by atoms with Crippen molar-refractivity contribution in [2.75, 3.05) is 32.1 Å². The van der Waals surface area contributed by atoms with Gasteiger partial charge in [-0.05, 0) is 27.9 Å². The maximum absolute atomic E-state index is 9.13. The highest BCUT2D eigenvalue weighted by Crippen LogP contribution is 2.30. The van der Waals surface area contributed by atoms with Gasteiger partial charge in [0, 0.05) is 19.1 Å². The summed E-state index contributed by atoms with van der Waals surface area (Å²) in [5.41, 5.74) is 0. The SMILES string of the molecule is CCN(c1nc(Cl)c(CO)s1)C(C)CN(C)C. The standard InChI is InChI=1S/C11H20ClN3OS/c1-5-15(8(2)6-14(3)4)11-13-10(12)9(7-16)17-11/h8,16H,5-7H2,1-4H3. The molecule has 1 unspecified atom stereocenters. The number of hydrogen-bond donors (Lipinski definition) is 1. The number of anilines is 1. The minimum Gasteiger partial charge on any atom is -0.391 e. The van der Waals surface area contributed by atoms with Crippen LogP contribution in [-0.2, 0) is 6.61 Å². The van der Waals surface area contributed by atoms with Crippen molar-refractivity contribution in [1.29, 1.82) is 0 Å². The van der Waals surface area contributed by atoms with Crippen molar-refractivity contribution in [2.24, 2.45) is 0 Å². The number of thiazole rings is 1. The van der Waals surface area contributed by atoms with E-state index in [1.165, 1.54) is 11.3 Å². The van der Waals surface area contributed by atoms with Crippen LogP contribution in [0.1, 0.15) is 18.7 Å². The molecule has 4 nitrogen and oxygen atoms in total. The molecule has 6 heteroatoms. The number of aromatic nitrogens is 1. The zero-order valence-electron chi connectivity index (χ0n) is 10.8. The fraction of sp³-hybridized carbons (Fsp3) is 0.727. The van der Waals surface area contributed by atoms with Crippen LogP contribution in [0.3, 0.4) is 0 Å². The Morgan fingerprint density at radius 3 is 2.53 bits per heavy atom. The highest BCUT2D eigenvalue weighted by molar-refractivity contribution is 7.16. The van der Waals surface area contributed by atoms with Crippen LogP contribution in [0.15, 0.2) is 0 Å². The van der Waals surface area contributed by atoms with Crippen molar-refractivity contribution in [2.45, 2.75) is 26.5 Å². The van der Waals surface area contributed by atoms with Gasteiger partial charge >= 0.3 is 0 Å². The van der Waals surface area contributed by atoms with Gasteiger partial charge in [-0.15, -0.1) is 0 Å². The zero-order valence-corrected chi connectivity index (χ0v) is 12.3. The molecule has 0 amide bonds. The maximum Gasteiger partial charge on any atom is 0.187 e. The number of likely N-dealkylation sites (N-methyl/N-ethyl adjacent to an activating group) is 2. The molecule has 0 aromatic carbocycles. The van der Waals surface area contributed by atoms with Gasteiger partial charge in [0.05, 0.1) is 11.5 Å². The summed E-state index contributed by atoms with van der Waals surface area (Å²) in [5, 5.41) is 10.4. The van der Waals surface area contributed by atoms with Gasteiger partial charge in [-0.25, -0.2) is 4.98 Å². The lowest BCUT2D eigenvalue weighted by molar-refractivity contribution is 0.285. The van der Waals surface area contributed by atoms with E-state index in [1.54, 1.807) is 0 Å². The molecule has 1 rings (SSSR count). The molecular formula is C11H20ClN3OS. The maximum atomic E-state index is 9.13. The summed E-state index contributed by atoms with van der Waals surface area (Å²) in [6.45, 7) is 6.05. The average Bonchev–Trinajstić information content (AvgIpc) is 2.59. The second kappa shape index (κ2) is 6.54. The zero-order chi connectivity index (χ0) is 13.0. The molecule has 1 heterocycles. The van der Waals surface area contributed by atoms with E-state index in [-0.39, 0.29) is 6.61 Å². The summed E-state index contributed by atoms with van der Waals surface area (Å²) in [6.07, 6.45) is 0. The van der Waals surface area contributed by atoms with Crippen LogP contribution >= 0.6 is 22.9 Å². The molecule has 0 bridgehead atoms. The summed E-state index contributed by atoms with van der Waals surface area (Å²) >= 11 is 7.42. The van der Waals surface area contributed by atoms with Crippen LogP contribution in [0, 0.1) is 0 Å². The average molecular weight is 278 g/mol. The Hall–Kier alpha value is -0.360. The highest BCUT2D eigenvalue weighted by Gasteiger charge is 2.18. The lowest BCUT2D eigenvalue weighted by Gasteiger charge is -2.29. The fourth-order valence-corrected chi connectivity index (χ4v) is 3.09. The summed E-state index contributed by atoms with van der Waals surface area (Å²) < 4.78 is 0. The normalized spacial score (nSPS) is 13.1. The Morgan fingerprint density at radius 1 is 1.47 bits per heavy atom.